The van der Waals surface area contributed by atoms with Crippen LogP contribution < -0.4 is 10.1 Å². The second-order valence-electron chi connectivity index (χ2n) is 6.63. The summed E-state index contributed by atoms with van der Waals surface area (Å²) in [5.41, 5.74) is -0.538. The third kappa shape index (κ3) is 4.42. The highest BCUT2D eigenvalue weighted by Gasteiger charge is 2.35. The van der Waals surface area contributed by atoms with Gasteiger partial charge in [-0.3, -0.25) is 4.79 Å². The zero-order chi connectivity index (χ0) is 23.0. The molecule has 1 N–H and O–H groups in total. The van der Waals surface area contributed by atoms with Crippen LogP contribution in [0.15, 0.2) is 59.1 Å². The summed E-state index contributed by atoms with van der Waals surface area (Å²) in [5, 5.41) is 6.80. The van der Waals surface area contributed by atoms with E-state index in [1.807, 2.05) is 0 Å². The van der Waals surface area contributed by atoms with Crippen LogP contribution in [-0.2, 0) is 6.18 Å². The molecule has 11 heteroatoms. The Morgan fingerprint density at radius 2 is 1.84 bits per heavy atom. The van der Waals surface area contributed by atoms with E-state index < -0.39 is 17.8 Å². The Kier molecular flexibility index (Phi) is 5.83. The fourth-order valence-corrected chi connectivity index (χ4v) is 3.44. The molecule has 32 heavy (non-hydrogen) atoms. The first-order valence-corrected chi connectivity index (χ1v) is 10.2. The van der Waals surface area contributed by atoms with Gasteiger partial charge < -0.3 is 10.1 Å². The summed E-state index contributed by atoms with van der Waals surface area (Å²) in [4.78, 5) is 17.0. The summed E-state index contributed by atoms with van der Waals surface area (Å²) in [6.07, 6.45) is -4.72. The Balaban J connectivity index is 1.77. The number of fused-ring (bicyclic) bond motifs is 1. The lowest BCUT2D eigenvalue weighted by Gasteiger charge is -2.11. The van der Waals surface area contributed by atoms with Gasteiger partial charge in [-0.15, -0.1) is 0 Å². The number of methoxy groups -OCH3 is 1. The van der Waals surface area contributed by atoms with Gasteiger partial charge in [0.05, 0.1) is 18.5 Å². The number of anilines is 1. The molecule has 6 nitrogen and oxygen atoms in total. The first-order valence-electron chi connectivity index (χ1n) is 9.04. The number of amides is 1. The van der Waals surface area contributed by atoms with Crippen molar-refractivity contribution in [2.24, 2.45) is 0 Å². The minimum Gasteiger partial charge on any atom is -0.495 e. The topological polar surface area (TPSA) is 68.5 Å². The smallest absolute Gasteiger partial charge is 0.433 e. The number of halogens is 5. The number of carbonyl (C=O) groups is 1. The first-order chi connectivity index (χ1) is 15.2. The van der Waals surface area contributed by atoms with Crippen LogP contribution in [0, 0.1) is 0 Å². The van der Waals surface area contributed by atoms with Crippen LogP contribution in [0.25, 0.3) is 16.9 Å². The standard InChI is InChI=1S/C21H13BrClF3N4O2/c1-32-17-8-13(23)6-7-14(17)28-20(31)16-10-19-27-15(11-2-4-12(22)5-3-11)9-18(21(24,25)26)30(19)29-16/h2-10H,1H3,(H,28,31). The van der Waals surface area contributed by atoms with Crippen molar-refractivity contribution in [2.75, 3.05) is 12.4 Å². The van der Waals surface area contributed by atoms with E-state index in [-0.39, 0.29) is 17.0 Å². The third-order valence-electron chi connectivity index (χ3n) is 4.50. The van der Waals surface area contributed by atoms with Crippen molar-refractivity contribution in [1.82, 2.24) is 14.6 Å². The average molecular weight is 526 g/mol. The fourth-order valence-electron chi connectivity index (χ4n) is 3.01. The highest BCUT2D eigenvalue weighted by molar-refractivity contribution is 9.10. The summed E-state index contributed by atoms with van der Waals surface area (Å²) in [5.74, 6) is -0.435. The molecule has 1 amide bonds. The van der Waals surface area contributed by atoms with Crippen LogP contribution >= 0.6 is 27.5 Å². The molecule has 0 bridgehead atoms. The Bertz CT molecular complexity index is 1320. The largest absolute Gasteiger partial charge is 0.495 e. The van der Waals surface area contributed by atoms with Crippen molar-refractivity contribution >= 4 is 44.8 Å². The lowest BCUT2D eigenvalue weighted by molar-refractivity contribution is -0.142. The van der Waals surface area contributed by atoms with Crippen LogP contribution in [-0.4, -0.2) is 27.6 Å². The molecule has 0 unspecified atom stereocenters. The van der Waals surface area contributed by atoms with E-state index >= 15 is 0 Å². The monoisotopic (exact) mass is 524 g/mol. The minimum absolute atomic E-state index is 0.101. The number of carbonyl (C=O) groups excluding carboxylic acids is 1. The number of nitrogens with zero attached hydrogens (tertiary/aromatic N) is 3. The molecule has 164 valence electrons. The number of nitrogens with one attached hydrogen (secondary N) is 1. The molecule has 0 aliphatic rings. The second-order valence-corrected chi connectivity index (χ2v) is 7.98. The summed E-state index contributed by atoms with van der Waals surface area (Å²) in [6, 6.07) is 13.3. The number of hydrogen-bond donors (Lipinski definition) is 1. The molecule has 2 aromatic carbocycles. The quantitative estimate of drug-likeness (QED) is 0.350. The molecule has 4 aromatic rings. The van der Waals surface area contributed by atoms with Crippen molar-refractivity contribution in [1.29, 1.82) is 0 Å². The maximum Gasteiger partial charge on any atom is 0.433 e. The zero-order valence-electron chi connectivity index (χ0n) is 16.2. The van der Waals surface area contributed by atoms with Crippen LogP contribution in [0.1, 0.15) is 16.2 Å². The Hall–Kier alpha value is -3.11. The molecule has 4 rings (SSSR count). The molecule has 0 radical (unpaired) electrons. The Morgan fingerprint density at radius 1 is 1.12 bits per heavy atom. The summed E-state index contributed by atoms with van der Waals surface area (Å²) in [7, 11) is 1.40. The molecule has 0 saturated carbocycles. The third-order valence-corrected chi connectivity index (χ3v) is 5.27. The van der Waals surface area contributed by atoms with Gasteiger partial charge in [0.15, 0.2) is 17.0 Å². The van der Waals surface area contributed by atoms with Gasteiger partial charge in [0.25, 0.3) is 5.91 Å². The van der Waals surface area contributed by atoms with Gasteiger partial charge in [0.2, 0.25) is 0 Å². The molecule has 2 aromatic heterocycles. The summed E-state index contributed by atoms with van der Waals surface area (Å²) >= 11 is 9.20. The van der Waals surface area contributed by atoms with Gasteiger partial charge in [-0.25, -0.2) is 9.50 Å². The fraction of sp³-hybridized carbons (Fsp3) is 0.0952. The molecule has 0 aliphatic heterocycles. The number of ether oxygens (including phenoxy) is 1. The molecule has 0 fully saturated rings. The summed E-state index contributed by atoms with van der Waals surface area (Å²) < 4.78 is 47.8. The number of rotatable bonds is 4. The Labute approximate surface area is 193 Å². The van der Waals surface area contributed by atoms with Crippen LogP contribution in [0.5, 0.6) is 5.75 Å². The van der Waals surface area contributed by atoms with Crippen molar-refractivity contribution < 1.29 is 22.7 Å². The molecular formula is C21H13BrClF3N4O2. The summed E-state index contributed by atoms with van der Waals surface area (Å²) in [6.45, 7) is 0. The number of hydrogen-bond acceptors (Lipinski definition) is 4. The highest BCUT2D eigenvalue weighted by atomic mass is 79.9. The van der Waals surface area contributed by atoms with E-state index in [0.717, 1.165) is 10.5 Å². The molecule has 2 heterocycles. The minimum atomic E-state index is -4.72. The van der Waals surface area contributed by atoms with Crippen LogP contribution in [0.4, 0.5) is 18.9 Å². The van der Waals surface area contributed by atoms with E-state index in [0.29, 0.717) is 26.5 Å². The van der Waals surface area contributed by atoms with E-state index in [4.69, 9.17) is 16.3 Å². The predicted octanol–water partition coefficient (Wildman–Crippen LogP) is 6.09. The van der Waals surface area contributed by atoms with Crippen molar-refractivity contribution in [3.63, 3.8) is 0 Å². The normalized spacial score (nSPS) is 11.6. The first kappa shape index (κ1) is 22.1. The van der Waals surface area contributed by atoms with Crippen molar-refractivity contribution in [2.45, 2.75) is 6.18 Å². The predicted molar refractivity (Wildman–Crippen MR) is 117 cm³/mol. The number of aromatic nitrogens is 3. The van der Waals surface area contributed by atoms with Crippen LogP contribution in [0.3, 0.4) is 0 Å². The van der Waals surface area contributed by atoms with Crippen LogP contribution in [0.2, 0.25) is 5.02 Å². The van der Waals surface area contributed by atoms with Gasteiger partial charge in [-0.05, 0) is 30.3 Å². The van der Waals surface area contributed by atoms with Gasteiger partial charge in [0.1, 0.15) is 5.75 Å². The van der Waals surface area contributed by atoms with Crippen molar-refractivity contribution in [3.8, 4) is 17.0 Å². The molecule has 0 atom stereocenters. The van der Waals surface area contributed by atoms with E-state index in [2.05, 4.69) is 31.3 Å². The maximum atomic E-state index is 13.7. The van der Waals surface area contributed by atoms with Gasteiger partial charge >= 0.3 is 6.18 Å². The van der Waals surface area contributed by atoms with Crippen molar-refractivity contribution in [3.05, 3.63) is 75.5 Å². The molecule has 0 spiro atoms. The van der Waals surface area contributed by atoms with Gasteiger partial charge in [-0.2, -0.15) is 18.3 Å². The van der Waals surface area contributed by atoms with Gasteiger partial charge in [0, 0.05) is 27.2 Å². The van der Waals surface area contributed by atoms with E-state index in [1.165, 1.54) is 31.4 Å². The van der Waals surface area contributed by atoms with E-state index in [1.54, 1.807) is 24.3 Å². The van der Waals surface area contributed by atoms with Gasteiger partial charge in [-0.1, -0.05) is 39.7 Å². The number of alkyl halides is 3. The molecule has 0 saturated heterocycles. The Morgan fingerprint density at radius 3 is 2.50 bits per heavy atom. The maximum absolute atomic E-state index is 13.7. The van der Waals surface area contributed by atoms with E-state index in [9.17, 15) is 18.0 Å². The average Bonchev–Trinajstić information content (AvgIpc) is 3.18. The lowest BCUT2D eigenvalue weighted by atomic mass is 10.1. The number of benzene rings is 2. The molecule has 0 aliphatic carbocycles. The zero-order valence-corrected chi connectivity index (χ0v) is 18.6. The lowest BCUT2D eigenvalue weighted by Crippen LogP contribution is -2.16. The highest BCUT2D eigenvalue weighted by Crippen LogP contribution is 2.33. The molecular weight excluding hydrogens is 513 g/mol. The second kappa shape index (κ2) is 8.44. The SMILES string of the molecule is COc1cc(Cl)ccc1NC(=O)c1cc2nc(-c3ccc(Br)cc3)cc(C(F)(F)F)n2n1.